The van der Waals surface area contributed by atoms with E-state index in [0.717, 1.165) is 36.4 Å². The number of halogens is 3. The Morgan fingerprint density at radius 1 is 0.840 bits per heavy atom. The topological polar surface area (TPSA) is 52.6 Å². The van der Waals surface area contributed by atoms with Gasteiger partial charge in [-0.25, -0.2) is 18.4 Å². The van der Waals surface area contributed by atoms with Gasteiger partial charge in [-0.3, -0.25) is 0 Å². The third-order valence-electron chi connectivity index (χ3n) is 3.04. The Balaban J connectivity index is 2.39. The van der Waals surface area contributed by atoms with Gasteiger partial charge in [0.2, 0.25) is 5.82 Å². The molecule has 4 nitrogen and oxygen atoms in total. The lowest BCUT2D eigenvalue weighted by Gasteiger charge is -2.10. The van der Waals surface area contributed by atoms with Crippen molar-refractivity contribution in [3.8, 4) is 22.6 Å². The highest BCUT2D eigenvalue weighted by Crippen LogP contribution is 2.32. The van der Waals surface area contributed by atoms with Crippen LogP contribution in [0, 0.1) is 17.5 Å². The number of ether oxygens (including phenoxy) is 2. The Morgan fingerprint density at radius 2 is 1.40 bits per heavy atom. The van der Waals surface area contributed by atoms with E-state index in [9.17, 15) is 22.8 Å². The normalized spacial score (nSPS) is 10.0. The average Bonchev–Trinajstić information content (AvgIpc) is 2.60. The van der Waals surface area contributed by atoms with Crippen molar-refractivity contribution < 1.29 is 32.2 Å². The fourth-order valence-electron chi connectivity index (χ4n) is 1.88. The highest BCUT2D eigenvalue weighted by atomic mass is 19.2. The minimum atomic E-state index is -1.41. The molecule has 0 aromatic heterocycles. The standard InChI is InChI=1S/C18H11F3O4/c1-3-15(22)24-13-7-5-10(9-12(13)19)11-6-8-14(18(21)17(11)20)25-16(23)4-2/h3-9H,1-2H2. The maximum absolute atomic E-state index is 14.2. The van der Waals surface area contributed by atoms with Gasteiger partial charge in [0.05, 0.1) is 0 Å². The Morgan fingerprint density at radius 3 is 1.96 bits per heavy atom. The Bertz CT molecular complexity index is 875. The van der Waals surface area contributed by atoms with E-state index in [1.807, 2.05) is 0 Å². The summed E-state index contributed by atoms with van der Waals surface area (Å²) < 4.78 is 51.3. The molecule has 0 radical (unpaired) electrons. The van der Waals surface area contributed by atoms with Gasteiger partial charge in [0.1, 0.15) is 0 Å². The van der Waals surface area contributed by atoms with Crippen LogP contribution in [-0.4, -0.2) is 11.9 Å². The van der Waals surface area contributed by atoms with E-state index in [4.69, 9.17) is 0 Å². The van der Waals surface area contributed by atoms with Gasteiger partial charge in [0, 0.05) is 17.7 Å². The second-order valence-corrected chi connectivity index (χ2v) is 4.63. The SMILES string of the molecule is C=CC(=O)Oc1ccc(-c2ccc(OC(=O)C=C)c(F)c2F)cc1F. The average molecular weight is 348 g/mol. The van der Waals surface area contributed by atoms with Crippen molar-refractivity contribution in [2.75, 3.05) is 0 Å². The number of hydrogen-bond acceptors (Lipinski definition) is 4. The van der Waals surface area contributed by atoms with Gasteiger partial charge in [0.15, 0.2) is 23.1 Å². The van der Waals surface area contributed by atoms with Crippen LogP contribution in [-0.2, 0) is 9.59 Å². The van der Waals surface area contributed by atoms with E-state index in [1.54, 1.807) is 0 Å². The first kappa shape index (κ1) is 18.0. The molecular weight excluding hydrogens is 337 g/mol. The molecule has 7 heteroatoms. The van der Waals surface area contributed by atoms with Gasteiger partial charge in [-0.1, -0.05) is 19.2 Å². The largest absolute Gasteiger partial charge is 0.420 e. The molecule has 0 bridgehead atoms. The summed E-state index contributed by atoms with van der Waals surface area (Å²) in [6, 6.07) is 5.35. The zero-order chi connectivity index (χ0) is 18.6. The first-order valence-corrected chi connectivity index (χ1v) is 6.83. The van der Waals surface area contributed by atoms with Crippen molar-refractivity contribution >= 4 is 11.9 Å². The van der Waals surface area contributed by atoms with Crippen LogP contribution in [0.15, 0.2) is 55.6 Å². The number of carbonyl (C=O) groups is 2. The van der Waals surface area contributed by atoms with Crippen molar-refractivity contribution in [1.29, 1.82) is 0 Å². The lowest BCUT2D eigenvalue weighted by atomic mass is 10.0. The van der Waals surface area contributed by atoms with Gasteiger partial charge in [-0.05, 0) is 29.8 Å². The molecule has 2 aromatic carbocycles. The molecule has 0 amide bonds. The van der Waals surface area contributed by atoms with Crippen molar-refractivity contribution in [3.05, 3.63) is 73.1 Å². The van der Waals surface area contributed by atoms with E-state index in [1.165, 1.54) is 6.07 Å². The summed E-state index contributed by atoms with van der Waals surface area (Å²) in [5.74, 6) is -6.51. The number of benzene rings is 2. The number of carbonyl (C=O) groups excluding carboxylic acids is 2. The molecule has 0 N–H and O–H groups in total. The van der Waals surface area contributed by atoms with E-state index >= 15 is 0 Å². The van der Waals surface area contributed by atoms with Crippen LogP contribution in [0.1, 0.15) is 0 Å². The second kappa shape index (κ2) is 7.48. The molecule has 0 unspecified atom stereocenters. The Hall–Kier alpha value is -3.35. The minimum absolute atomic E-state index is 0.00565. The zero-order valence-electron chi connectivity index (χ0n) is 12.7. The summed E-state index contributed by atoms with van der Waals surface area (Å²) >= 11 is 0. The van der Waals surface area contributed by atoms with E-state index in [-0.39, 0.29) is 16.9 Å². The predicted molar refractivity (Wildman–Crippen MR) is 83.4 cm³/mol. The van der Waals surface area contributed by atoms with Gasteiger partial charge < -0.3 is 9.47 Å². The lowest BCUT2D eigenvalue weighted by molar-refractivity contribution is -0.130. The van der Waals surface area contributed by atoms with Crippen molar-refractivity contribution in [2.45, 2.75) is 0 Å². The van der Waals surface area contributed by atoms with Crippen LogP contribution in [0.5, 0.6) is 11.5 Å². The zero-order valence-corrected chi connectivity index (χ0v) is 12.7. The number of hydrogen-bond donors (Lipinski definition) is 0. The van der Waals surface area contributed by atoms with Gasteiger partial charge in [-0.15, -0.1) is 0 Å². The fraction of sp³-hybridized carbons (Fsp3) is 0. The van der Waals surface area contributed by atoms with E-state index in [2.05, 4.69) is 22.6 Å². The van der Waals surface area contributed by atoms with Crippen LogP contribution in [0.4, 0.5) is 13.2 Å². The first-order chi connectivity index (χ1) is 11.9. The Labute approximate surface area is 140 Å². The van der Waals surface area contributed by atoms with Crippen LogP contribution in [0.2, 0.25) is 0 Å². The number of rotatable bonds is 5. The third kappa shape index (κ3) is 3.95. The van der Waals surface area contributed by atoms with Crippen molar-refractivity contribution in [2.24, 2.45) is 0 Å². The highest BCUT2D eigenvalue weighted by Gasteiger charge is 2.18. The monoisotopic (exact) mass is 348 g/mol. The fourth-order valence-corrected chi connectivity index (χ4v) is 1.88. The first-order valence-electron chi connectivity index (χ1n) is 6.83. The van der Waals surface area contributed by atoms with Crippen LogP contribution >= 0.6 is 0 Å². The minimum Gasteiger partial charge on any atom is -0.420 e. The van der Waals surface area contributed by atoms with Gasteiger partial charge in [0.25, 0.3) is 0 Å². The van der Waals surface area contributed by atoms with Crippen LogP contribution in [0.3, 0.4) is 0 Å². The molecule has 0 fully saturated rings. The molecule has 0 heterocycles. The van der Waals surface area contributed by atoms with Crippen molar-refractivity contribution in [1.82, 2.24) is 0 Å². The molecule has 0 atom stereocenters. The summed E-state index contributed by atoms with van der Waals surface area (Å²) in [6.07, 6.45) is 1.65. The maximum Gasteiger partial charge on any atom is 0.335 e. The van der Waals surface area contributed by atoms with E-state index < -0.39 is 35.1 Å². The molecule has 2 rings (SSSR count). The molecule has 0 saturated carbocycles. The van der Waals surface area contributed by atoms with Gasteiger partial charge >= 0.3 is 11.9 Å². The van der Waals surface area contributed by atoms with Crippen molar-refractivity contribution in [3.63, 3.8) is 0 Å². The molecule has 0 spiro atoms. The highest BCUT2D eigenvalue weighted by molar-refractivity contribution is 5.84. The maximum atomic E-state index is 14.2. The van der Waals surface area contributed by atoms with Crippen LogP contribution in [0.25, 0.3) is 11.1 Å². The predicted octanol–water partition coefficient (Wildman–Crippen LogP) is 3.95. The smallest absolute Gasteiger partial charge is 0.335 e. The summed E-state index contributed by atoms with van der Waals surface area (Å²) in [7, 11) is 0. The quantitative estimate of drug-likeness (QED) is 0.466. The second-order valence-electron chi connectivity index (χ2n) is 4.63. The molecule has 0 saturated heterocycles. The molecule has 2 aromatic rings. The summed E-state index contributed by atoms with van der Waals surface area (Å²) in [5.41, 5.74) is -0.273. The van der Waals surface area contributed by atoms with Gasteiger partial charge in [-0.2, -0.15) is 4.39 Å². The van der Waals surface area contributed by atoms with E-state index in [0.29, 0.717) is 0 Å². The molecule has 25 heavy (non-hydrogen) atoms. The summed E-state index contributed by atoms with van der Waals surface area (Å²) in [4.78, 5) is 22.1. The summed E-state index contributed by atoms with van der Waals surface area (Å²) in [6.45, 7) is 6.32. The third-order valence-corrected chi connectivity index (χ3v) is 3.04. The van der Waals surface area contributed by atoms with Crippen LogP contribution < -0.4 is 9.47 Å². The molecule has 0 aliphatic heterocycles. The molecule has 128 valence electrons. The molecule has 0 aliphatic rings. The lowest BCUT2D eigenvalue weighted by Crippen LogP contribution is -2.06. The number of esters is 2. The summed E-state index contributed by atoms with van der Waals surface area (Å²) in [5, 5.41) is 0. The molecular formula is C18H11F3O4. The molecule has 0 aliphatic carbocycles. The Kier molecular flexibility index (Phi) is 5.38.